The van der Waals surface area contributed by atoms with Gasteiger partial charge in [-0.3, -0.25) is 14.4 Å². The van der Waals surface area contributed by atoms with Gasteiger partial charge in [-0.25, -0.2) is 0 Å². The molecule has 2 N–H and O–H groups in total. The Kier molecular flexibility index (Phi) is 7.82. The first-order valence-corrected chi connectivity index (χ1v) is 11.0. The number of amides is 3. The molecule has 0 unspecified atom stereocenters. The van der Waals surface area contributed by atoms with E-state index in [-0.39, 0.29) is 23.6 Å². The molecule has 164 valence electrons. The van der Waals surface area contributed by atoms with Crippen molar-refractivity contribution in [1.29, 1.82) is 0 Å². The lowest BCUT2D eigenvalue weighted by Crippen LogP contribution is -2.51. The van der Waals surface area contributed by atoms with Gasteiger partial charge in [0.2, 0.25) is 5.91 Å². The second-order valence-corrected chi connectivity index (χ2v) is 8.30. The van der Waals surface area contributed by atoms with E-state index in [0.717, 1.165) is 38.8 Å². The van der Waals surface area contributed by atoms with Gasteiger partial charge < -0.3 is 15.5 Å². The van der Waals surface area contributed by atoms with Gasteiger partial charge in [0.1, 0.15) is 6.04 Å². The predicted molar refractivity (Wildman–Crippen MR) is 122 cm³/mol. The van der Waals surface area contributed by atoms with E-state index in [1.54, 1.807) is 48.5 Å². The summed E-state index contributed by atoms with van der Waals surface area (Å²) in [5, 5.41) is 5.74. The fourth-order valence-electron chi connectivity index (χ4n) is 3.79. The van der Waals surface area contributed by atoms with Crippen LogP contribution in [0.1, 0.15) is 60.2 Å². The molecule has 1 saturated heterocycles. The summed E-state index contributed by atoms with van der Waals surface area (Å²) in [7, 11) is 0. The molecule has 2 aromatic rings. The van der Waals surface area contributed by atoms with Gasteiger partial charge in [-0.15, -0.1) is 0 Å². The van der Waals surface area contributed by atoms with Crippen molar-refractivity contribution in [3.05, 3.63) is 65.7 Å². The van der Waals surface area contributed by atoms with Gasteiger partial charge in [-0.05, 0) is 43.0 Å². The fraction of sp³-hybridized carbons (Fsp3) is 0.400. The number of benzene rings is 2. The summed E-state index contributed by atoms with van der Waals surface area (Å²) in [6, 6.07) is 15.1. The number of hydrogen-bond acceptors (Lipinski definition) is 3. The number of anilines is 1. The van der Waals surface area contributed by atoms with E-state index in [9.17, 15) is 14.4 Å². The van der Waals surface area contributed by atoms with Crippen LogP contribution in [0.5, 0.6) is 0 Å². The van der Waals surface area contributed by atoms with E-state index >= 15 is 0 Å². The third-order valence-electron chi connectivity index (χ3n) is 5.59. The Morgan fingerprint density at radius 2 is 1.42 bits per heavy atom. The van der Waals surface area contributed by atoms with E-state index in [2.05, 4.69) is 10.6 Å². The average Bonchev–Trinajstić information content (AvgIpc) is 3.07. The first-order valence-electron chi connectivity index (χ1n) is 11.0. The molecular formula is C25H31N3O3. The van der Waals surface area contributed by atoms with E-state index < -0.39 is 6.04 Å². The molecule has 1 fully saturated rings. The maximum absolute atomic E-state index is 13.1. The minimum absolute atomic E-state index is 0.0314. The quantitative estimate of drug-likeness (QED) is 0.737. The summed E-state index contributed by atoms with van der Waals surface area (Å²) >= 11 is 0. The van der Waals surface area contributed by atoms with Crippen LogP contribution in [0.4, 0.5) is 5.69 Å². The molecule has 6 nitrogen and oxygen atoms in total. The number of likely N-dealkylation sites (tertiary alicyclic amines) is 1. The van der Waals surface area contributed by atoms with Gasteiger partial charge in [0.25, 0.3) is 11.8 Å². The summed E-state index contributed by atoms with van der Waals surface area (Å²) in [6.45, 7) is 5.34. The molecule has 0 bridgehead atoms. The van der Waals surface area contributed by atoms with Crippen LogP contribution in [-0.2, 0) is 4.79 Å². The Morgan fingerprint density at radius 3 is 2.06 bits per heavy atom. The van der Waals surface area contributed by atoms with Crippen LogP contribution in [0.25, 0.3) is 0 Å². The minimum Gasteiger partial charge on any atom is -0.341 e. The van der Waals surface area contributed by atoms with Crippen LogP contribution >= 0.6 is 0 Å². The molecule has 0 radical (unpaired) electrons. The van der Waals surface area contributed by atoms with Gasteiger partial charge in [-0.2, -0.15) is 0 Å². The third kappa shape index (κ3) is 5.94. The number of rotatable bonds is 6. The second kappa shape index (κ2) is 10.8. The molecule has 0 spiro atoms. The van der Waals surface area contributed by atoms with Gasteiger partial charge in [0.15, 0.2) is 0 Å². The standard InChI is InChI=1S/C25H31N3O3/c1-18(2)22(25(31)28-16-10-3-4-11-17-28)27-24(30)20-14-8-9-15-21(20)26-23(29)19-12-6-5-7-13-19/h5-9,12-15,18,22H,3-4,10-11,16-17H2,1-2H3,(H,26,29)(H,27,30)/t22-/m0/s1. The Bertz CT molecular complexity index is 903. The highest BCUT2D eigenvalue weighted by molar-refractivity contribution is 6.09. The number of nitrogens with zero attached hydrogens (tertiary/aromatic N) is 1. The monoisotopic (exact) mass is 421 g/mol. The van der Waals surface area contributed by atoms with Gasteiger partial charge in [0, 0.05) is 18.7 Å². The van der Waals surface area contributed by atoms with Crippen LogP contribution in [-0.4, -0.2) is 41.8 Å². The highest BCUT2D eigenvalue weighted by atomic mass is 16.2. The van der Waals surface area contributed by atoms with Crippen molar-refractivity contribution >= 4 is 23.4 Å². The molecule has 0 aliphatic carbocycles. The van der Waals surface area contributed by atoms with Gasteiger partial charge in [-0.1, -0.05) is 57.0 Å². The average molecular weight is 422 g/mol. The van der Waals surface area contributed by atoms with E-state index in [1.807, 2.05) is 24.8 Å². The van der Waals surface area contributed by atoms with Crippen molar-refractivity contribution < 1.29 is 14.4 Å². The Hall–Kier alpha value is -3.15. The van der Waals surface area contributed by atoms with Crippen molar-refractivity contribution in [3.63, 3.8) is 0 Å². The molecule has 6 heteroatoms. The maximum Gasteiger partial charge on any atom is 0.255 e. The number of nitrogens with one attached hydrogen (secondary N) is 2. The van der Waals surface area contributed by atoms with Crippen molar-refractivity contribution in [2.24, 2.45) is 5.92 Å². The van der Waals surface area contributed by atoms with Gasteiger partial charge in [0.05, 0.1) is 11.3 Å². The minimum atomic E-state index is -0.608. The van der Waals surface area contributed by atoms with E-state index in [0.29, 0.717) is 16.8 Å². The molecular weight excluding hydrogens is 390 g/mol. The van der Waals surface area contributed by atoms with Crippen LogP contribution in [0, 0.1) is 5.92 Å². The topological polar surface area (TPSA) is 78.5 Å². The lowest BCUT2D eigenvalue weighted by atomic mass is 10.0. The highest BCUT2D eigenvalue weighted by Crippen LogP contribution is 2.18. The molecule has 1 heterocycles. The molecule has 2 aromatic carbocycles. The molecule has 3 rings (SSSR count). The molecule has 1 aliphatic rings. The maximum atomic E-state index is 13.1. The molecule has 1 atom stereocenters. The van der Waals surface area contributed by atoms with Crippen molar-refractivity contribution in [3.8, 4) is 0 Å². The van der Waals surface area contributed by atoms with E-state index in [4.69, 9.17) is 0 Å². The first-order chi connectivity index (χ1) is 15.0. The van der Waals surface area contributed by atoms with Gasteiger partial charge >= 0.3 is 0 Å². The fourth-order valence-corrected chi connectivity index (χ4v) is 3.79. The van der Waals surface area contributed by atoms with Crippen LogP contribution < -0.4 is 10.6 Å². The van der Waals surface area contributed by atoms with Crippen LogP contribution in [0.3, 0.4) is 0 Å². The summed E-state index contributed by atoms with van der Waals surface area (Å²) in [5.74, 6) is -0.741. The summed E-state index contributed by atoms with van der Waals surface area (Å²) in [4.78, 5) is 40.7. The summed E-state index contributed by atoms with van der Waals surface area (Å²) in [5.41, 5.74) is 1.26. The van der Waals surface area contributed by atoms with Crippen molar-refractivity contribution in [2.75, 3.05) is 18.4 Å². The molecule has 3 amide bonds. The molecule has 0 aromatic heterocycles. The molecule has 0 saturated carbocycles. The lowest BCUT2D eigenvalue weighted by molar-refractivity contribution is -0.134. The second-order valence-electron chi connectivity index (χ2n) is 8.30. The molecule has 1 aliphatic heterocycles. The number of carbonyl (C=O) groups is 3. The normalized spacial score (nSPS) is 15.1. The summed E-state index contributed by atoms with van der Waals surface area (Å²) < 4.78 is 0. The number of carbonyl (C=O) groups excluding carboxylic acids is 3. The lowest BCUT2D eigenvalue weighted by Gasteiger charge is -2.29. The van der Waals surface area contributed by atoms with Crippen LogP contribution in [0.2, 0.25) is 0 Å². The Balaban J connectivity index is 1.75. The largest absolute Gasteiger partial charge is 0.341 e. The smallest absolute Gasteiger partial charge is 0.255 e. The Labute approximate surface area is 184 Å². The van der Waals surface area contributed by atoms with E-state index in [1.165, 1.54) is 0 Å². The molecule has 31 heavy (non-hydrogen) atoms. The number of para-hydroxylation sites is 1. The van der Waals surface area contributed by atoms with Crippen molar-refractivity contribution in [1.82, 2.24) is 10.2 Å². The predicted octanol–water partition coefficient (Wildman–Crippen LogP) is 4.10. The number of hydrogen-bond donors (Lipinski definition) is 2. The highest BCUT2D eigenvalue weighted by Gasteiger charge is 2.29. The van der Waals surface area contributed by atoms with Crippen LogP contribution in [0.15, 0.2) is 54.6 Å². The summed E-state index contributed by atoms with van der Waals surface area (Å²) in [6.07, 6.45) is 4.27. The zero-order valence-corrected chi connectivity index (χ0v) is 18.3. The third-order valence-corrected chi connectivity index (χ3v) is 5.59. The Morgan fingerprint density at radius 1 is 0.806 bits per heavy atom. The SMILES string of the molecule is CC(C)[C@H](NC(=O)c1ccccc1NC(=O)c1ccccc1)C(=O)N1CCCCCC1. The zero-order chi connectivity index (χ0) is 22.2. The first kappa shape index (κ1) is 22.5. The zero-order valence-electron chi connectivity index (χ0n) is 18.3. The van der Waals surface area contributed by atoms with Crippen molar-refractivity contribution in [2.45, 2.75) is 45.6 Å².